The van der Waals surface area contributed by atoms with Crippen LogP contribution in [0.2, 0.25) is 0 Å². The van der Waals surface area contributed by atoms with Crippen molar-refractivity contribution >= 4 is 23.4 Å². The number of thioether (sulfide) groups is 1. The van der Waals surface area contributed by atoms with Gasteiger partial charge in [-0.15, -0.1) is 10.2 Å². The number of rotatable bonds is 9. The molecule has 0 spiro atoms. The highest BCUT2D eigenvalue weighted by molar-refractivity contribution is 7.99. The van der Waals surface area contributed by atoms with Gasteiger partial charge in [-0.05, 0) is 42.5 Å². The largest absolute Gasteiger partial charge is 0.325 e. The van der Waals surface area contributed by atoms with Gasteiger partial charge in [-0.2, -0.15) is 0 Å². The summed E-state index contributed by atoms with van der Waals surface area (Å²) < 4.78 is 2.08. The number of carbonyl (C=O) groups excluding carboxylic acids is 1. The van der Waals surface area contributed by atoms with Gasteiger partial charge in [0.2, 0.25) is 5.91 Å². The van der Waals surface area contributed by atoms with Crippen molar-refractivity contribution in [3.63, 3.8) is 0 Å². The SMILES string of the molecule is CCC(C)c1ccc(NC(=O)CSc2nnc(Cc3ccccc3)n2CC)cc1. The van der Waals surface area contributed by atoms with Gasteiger partial charge in [0.05, 0.1) is 5.75 Å². The normalized spacial score (nSPS) is 12.0. The first-order valence-electron chi connectivity index (χ1n) is 10.1. The van der Waals surface area contributed by atoms with E-state index < -0.39 is 0 Å². The van der Waals surface area contributed by atoms with E-state index >= 15 is 0 Å². The van der Waals surface area contributed by atoms with Gasteiger partial charge in [0.1, 0.15) is 5.82 Å². The Bertz CT molecular complexity index is 922. The molecule has 2 aromatic carbocycles. The van der Waals surface area contributed by atoms with E-state index in [1.54, 1.807) is 0 Å². The predicted octanol–water partition coefficient (Wildman–Crippen LogP) is 5.13. The topological polar surface area (TPSA) is 59.8 Å². The summed E-state index contributed by atoms with van der Waals surface area (Å²) in [6, 6.07) is 18.3. The minimum absolute atomic E-state index is 0.0402. The van der Waals surface area contributed by atoms with Crippen LogP contribution < -0.4 is 5.32 Å². The molecule has 29 heavy (non-hydrogen) atoms. The van der Waals surface area contributed by atoms with Crippen molar-refractivity contribution in [3.05, 3.63) is 71.5 Å². The van der Waals surface area contributed by atoms with Crippen LogP contribution in [0, 0.1) is 0 Å². The smallest absolute Gasteiger partial charge is 0.234 e. The van der Waals surface area contributed by atoms with Crippen LogP contribution in [0.4, 0.5) is 5.69 Å². The lowest BCUT2D eigenvalue weighted by Gasteiger charge is -2.11. The van der Waals surface area contributed by atoms with E-state index in [1.807, 2.05) is 30.3 Å². The standard InChI is InChI=1S/C23H28N4OS/c1-4-17(3)19-11-13-20(14-12-19)24-22(28)16-29-23-26-25-21(27(23)5-2)15-18-9-7-6-8-10-18/h6-14,17H,4-5,15-16H2,1-3H3,(H,24,28). The summed E-state index contributed by atoms with van der Waals surface area (Å²) in [6.45, 7) is 7.23. The fourth-order valence-electron chi connectivity index (χ4n) is 3.11. The Labute approximate surface area is 176 Å². The molecule has 3 rings (SSSR count). The van der Waals surface area contributed by atoms with Crippen molar-refractivity contribution in [2.45, 2.75) is 51.2 Å². The van der Waals surface area contributed by atoms with Crippen LogP contribution in [0.15, 0.2) is 59.8 Å². The lowest BCUT2D eigenvalue weighted by molar-refractivity contribution is -0.113. The molecule has 6 heteroatoms. The number of amides is 1. The fraction of sp³-hybridized carbons (Fsp3) is 0.348. The van der Waals surface area contributed by atoms with Crippen molar-refractivity contribution in [2.24, 2.45) is 0 Å². The number of carbonyl (C=O) groups is 1. The molecule has 0 bridgehead atoms. The number of hydrogen-bond donors (Lipinski definition) is 1. The van der Waals surface area contributed by atoms with Gasteiger partial charge in [-0.3, -0.25) is 4.79 Å². The number of nitrogens with zero attached hydrogens (tertiary/aromatic N) is 3. The van der Waals surface area contributed by atoms with E-state index in [4.69, 9.17) is 0 Å². The van der Waals surface area contributed by atoms with Gasteiger partial charge in [0.15, 0.2) is 5.16 Å². The average molecular weight is 409 g/mol. The molecule has 0 aliphatic carbocycles. The molecule has 5 nitrogen and oxygen atoms in total. The lowest BCUT2D eigenvalue weighted by atomic mass is 9.99. The van der Waals surface area contributed by atoms with Crippen LogP contribution in [-0.2, 0) is 17.8 Å². The Balaban J connectivity index is 1.57. The molecule has 1 heterocycles. The zero-order valence-electron chi connectivity index (χ0n) is 17.3. The average Bonchev–Trinajstić information content (AvgIpc) is 3.14. The van der Waals surface area contributed by atoms with Crippen LogP contribution in [0.25, 0.3) is 0 Å². The van der Waals surface area contributed by atoms with E-state index in [0.717, 1.165) is 36.1 Å². The maximum Gasteiger partial charge on any atom is 0.234 e. The minimum Gasteiger partial charge on any atom is -0.325 e. The molecule has 152 valence electrons. The zero-order valence-corrected chi connectivity index (χ0v) is 18.1. The summed E-state index contributed by atoms with van der Waals surface area (Å²) in [5, 5.41) is 12.4. The Morgan fingerprint density at radius 1 is 1.07 bits per heavy atom. The van der Waals surface area contributed by atoms with Crippen LogP contribution in [-0.4, -0.2) is 26.4 Å². The van der Waals surface area contributed by atoms with Crippen LogP contribution in [0.1, 0.15) is 50.1 Å². The second kappa shape index (κ2) is 10.3. The van der Waals surface area contributed by atoms with Crippen molar-refractivity contribution in [3.8, 4) is 0 Å². The summed E-state index contributed by atoms with van der Waals surface area (Å²) >= 11 is 1.42. The third kappa shape index (κ3) is 5.70. The highest BCUT2D eigenvalue weighted by atomic mass is 32.2. The first-order valence-corrected chi connectivity index (χ1v) is 11.1. The first-order chi connectivity index (χ1) is 14.1. The minimum atomic E-state index is -0.0402. The van der Waals surface area contributed by atoms with E-state index in [9.17, 15) is 4.79 Å². The zero-order chi connectivity index (χ0) is 20.6. The van der Waals surface area contributed by atoms with Crippen LogP contribution in [0.5, 0.6) is 0 Å². The number of aromatic nitrogens is 3. The number of benzene rings is 2. The summed E-state index contributed by atoms with van der Waals surface area (Å²) in [5.74, 6) is 1.71. The molecule has 3 aromatic rings. The Kier molecular flexibility index (Phi) is 7.47. The molecule has 0 saturated heterocycles. The van der Waals surface area contributed by atoms with Gasteiger partial charge in [-0.1, -0.05) is 68.1 Å². The second-order valence-corrected chi connectivity index (χ2v) is 8.02. The molecule has 1 aromatic heterocycles. The molecule has 0 radical (unpaired) electrons. The lowest BCUT2D eigenvalue weighted by Crippen LogP contribution is -2.14. The Morgan fingerprint density at radius 3 is 2.45 bits per heavy atom. The first kappa shape index (κ1) is 21.1. The molecule has 0 saturated carbocycles. The number of nitrogens with one attached hydrogen (secondary N) is 1. The molecule has 1 atom stereocenters. The summed E-state index contributed by atoms with van der Waals surface area (Å²) in [7, 11) is 0. The van der Waals surface area contributed by atoms with Gasteiger partial charge in [0.25, 0.3) is 0 Å². The van der Waals surface area contributed by atoms with Crippen LogP contribution in [0.3, 0.4) is 0 Å². The Hall–Kier alpha value is -2.60. The highest BCUT2D eigenvalue weighted by Gasteiger charge is 2.14. The third-order valence-corrected chi connectivity index (χ3v) is 5.99. The van der Waals surface area contributed by atoms with Crippen molar-refractivity contribution in [1.82, 2.24) is 14.8 Å². The Morgan fingerprint density at radius 2 is 1.79 bits per heavy atom. The van der Waals surface area contributed by atoms with Gasteiger partial charge in [0, 0.05) is 18.7 Å². The van der Waals surface area contributed by atoms with E-state index in [-0.39, 0.29) is 5.91 Å². The molecular weight excluding hydrogens is 380 g/mol. The second-order valence-electron chi connectivity index (χ2n) is 7.07. The van der Waals surface area contributed by atoms with Gasteiger partial charge < -0.3 is 9.88 Å². The van der Waals surface area contributed by atoms with Crippen molar-refractivity contribution in [2.75, 3.05) is 11.1 Å². The molecule has 0 aliphatic rings. The van der Waals surface area contributed by atoms with Gasteiger partial charge in [-0.25, -0.2) is 0 Å². The van der Waals surface area contributed by atoms with E-state index in [1.165, 1.54) is 22.9 Å². The van der Waals surface area contributed by atoms with Crippen molar-refractivity contribution in [1.29, 1.82) is 0 Å². The summed E-state index contributed by atoms with van der Waals surface area (Å²) in [4.78, 5) is 12.4. The molecular formula is C23H28N4OS. The van der Waals surface area contributed by atoms with E-state index in [0.29, 0.717) is 11.7 Å². The molecule has 0 fully saturated rings. The molecule has 1 N–H and O–H groups in total. The summed E-state index contributed by atoms with van der Waals surface area (Å²) in [6.07, 6.45) is 1.84. The molecule has 0 aliphatic heterocycles. The maximum absolute atomic E-state index is 12.4. The predicted molar refractivity (Wildman–Crippen MR) is 119 cm³/mol. The van der Waals surface area contributed by atoms with E-state index in [2.05, 4.69) is 65.1 Å². The fourth-order valence-corrected chi connectivity index (χ4v) is 3.93. The third-order valence-electron chi connectivity index (χ3n) is 5.02. The van der Waals surface area contributed by atoms with Crippen molar-refractivity contribution < 1.29 is 4.79 Å². The number of hydrogen-bond acceptors (Lipinski definition) is 4. The quantitative estimate of drug-likeness (QED) is 0.499. The summed E-state index contributed by atoms with van der Waals surface area (Å²) in [5.41, 5.74) is 3.32. The monoisotopic (exact) mass is 408 g/mol. The molecule has 1 unspecified atom stereocenters. The van der Waals surface area contributed by atoms with Crippen LogP contribution >= 0.6 is 11.8 Å². The maximum atomic E-state index is 12.4. The molecule has 1 amide bonds. The highest BCUT2D eigenvalue weighted by Crippen LogP contribution is 2.22. The van der Waals surface area contributed by atoms with Gasteiger partial charge >= 0.3 is 0 Å². The number of anilines is 1.